The molecule has 9 amide bonds. The van der Waals surface area contributed by atoms with Gasteiger partial charge in [-0.15, -0.1) is 0 Å². The second kappa shape index (κ2) is 27.7. The number of halogens is 1. The van der Waals surface area contributed by atoms with Crippen LogP contribution in [0.4, 0.5) is 15.3 Å². The Kier molecular flexibility index (Phi) is 22.4. The molecule has 4 heterocycles. The number of benzene rings is 1. The van der Waals surface area contributed by atoms with Gasteiger partial charge in [0.1, 0.15) is 63.0 Å². The number of methoxy groups -OCH3 is 2. The molecule has 3 fully saturated rings. The number of imide groups is 1. The fraction of sp³-hybridized carbons (Fsp3) is 0.642. The Hall–Kier alpha value is -5.73. The number of amides is 9. The third-order valence-corrected chi connectivity index (χ3v) is 15.7. The van der Waals surface area contributed by atoms with Crippen LogP contribution in [0.25, 0.3) is 0 Å². The van der Waals surface area contributed by atoms with Gasteiger partial charge in [-0.05, 0) is 81.3 Å². The van der Waals surface area contributed by atoms with E-state index in [1.807, 2.05) is 32.1 Å². The maximum absolute atomic E-state index is 14.5. The summed E-state index contributed by atoms with van der Waals surface area (Å²) in [7, 11) is 5.92. The van der Waals surface area contributed by atoms with Gasteiger partial charge in [-0.2, -0.15) is 0 Å². The van der Waals surface area contributed by atoms with Crippen molar-refractivity contribution in [2.45, 2.75) is 165 Å². The Morgan fingerprint density at radius 2 is 1.74 bits per heavy atom. The lowest BCUT2D eigenvalue weighted by Crippen LogP contribution is -2.57. The predicted molar refractivity (Wildman–Crippen MR) is 285 cm³/mol. The van der Waals surface area contributed by atoms with E-state index in [1.54, 1.807) is 47.1 Å². The zero-order valence-electron chi connectivity index (χ0n) is 45.8. The second-order valence-corrected chi connectivity index (χ2v) is 22.1. The Morgan fingerprint density at radius 3 is 2.38 bits per heavy atom. The highest BCUT2D eigenvalue weighted by Crippen LogP contribution is 2.49. The number of fused-ring (bicyclic) bond motifs is 5. The molecule has 11 atom stereocenters. The van der Waals surface area contributed by atoms with Gasteiger partial charge in [-0.3, -0.25) is 33.7 Å². The van der Waals surface area contributed by atoms with Crippen molar-refractivity contribution in [1.29, 1.82) is 0 Å². The van der Waals surface area contributed by atoms with Crippen LogP contribution in [-0.2, 0) is 58.9 Å². The summed E-state index contributed by atoms with van der Waals surface area (Å²) in [4.78, 5) is 123. The Morgan fingerprint density at radius 1 is 1.03 bits per heavy atom. The lowest BCUT2D eigenvalue weighted by atomic mass is 9.84. The highest BCUT2D eigenvalue weighted by atomic mass is 35.5. The number of rotatable bonds is 20. The fourth-order valence-electron chi connectivity index (χ4n) is 9.88. The molecule has 4 bridgehead atoms. The summed E-state index contributed by atoms with van der Waals surface area (Å²) < 4.78 is 29.5. The monoisotopic (exact) mass is 1110 g/mol. The molecule has 3 unspecified atom stereocenters. The van der Waals surface area contributed by atoms with Gasteiger partial charge in [0, 0.05) is 59.5 Å². The van der Waals surface area contributed by atoms with Gasteiger partial charge < -0.3 is 60.5 Å². The van der Waals surface area contributed by atoms with Gasteiger partial charge in [0.15, 0.2) is 0 Å². The molecule has 0 saturated carbocycles. The molecule has 1 aromatic carbocycles. The number of likely N-dealkylation sites (N-methyl/N-ethyl adjacent to an activating group) is 1. The summed E-state index contributed by atoms with van der Waals surface area (Å²) in [5, 5.41) is 11.0. The number of urea groups is 1. The zero-order chi connectivity index (χ0) is 57.1. The first-order chi connectivity index (χ1) is 36.3. The predicted octanol–water partition coefficient (Wildman–Crippen LogP) is 3.54. The van der Waals surface area contributed by atoms with E-state index in [0.717, 1.165) is 16.0 Å². The van der Waals surface area contributed by atoms with Crippen molar-refractivity contribution < 1.29 is 66.8 Å². The molecule has 4 aliphatic heterocycles. The van der Waals surface area contributed by atoms with Crippen molar-refractivity contribution in [3.63, 3.8) is 0 Å². The first-order valence-corrected chi connectivity index (χ1v) is 27.2. The van der Waals surface area contributed by atoms with Gasteiger partial charge >= 0.3 is 18.1 Å². The number of nitrogens with zero attached hydrogens (tertiary/aromatic N) is 3. The van der Waals surface area contributed by atoms with E-state index in [0.29, 0.717) is 43.5 Å². The third kappa shape index (κ3) is 16.2. The number of anilines is 1. The number of epoxide rings is 1. The zero-order valence-corrected chi connectivity index (χ0v) is 47.7. The molecule has 0 aromatic heterocycles. The summed E-state index contributed by atoms with van der Waals surface area (Å²) in [6.45, 7) is 10.7. The molecule has 5 rings (SSSR count). The van der Waals surface area contributed by atoms with Gasteiger partial charge in [0.25, 0.3) is 0 Å². The molecule has 24 heteroatoms. The first-order valence-electron chi connectivity index (χ1n) is 26.2. The fourth-order valence-corrected chi connectivity index (χ4v) is 10.6. The minimum Gasteiger partial charge on any atom is -0.495 e. The second-order valence-electron chi connectivity index (χ2n) is 20.9. The summed E-state index contributed by atoms with van der Waals surface area (Å²) in [6, 6.07) is -1.35. The van der Waals surface area contributed by atoms with Crippen LogP contribution in [-0.4, -0.2) is 175 Å². The van der Waals surface area contributed by atoms with E-state index < -0.39 is 119 Å². The summed E-state index contributed by atoms with van der Waals surface area (Å²) in [5.74, 6) is -4.23. The summed E-state index contributed by atoms with van der Waals surface area (Å²) in [5.41, 5.74) is 6.06. The molecule has 22 nitrogen and oxygen atoms in total. The highest BCUT2D eigenvalue weighted by Gasteiger charge is 2.64. The van der Waals surface area contributed by atoms with E-state index >= 15 is 0 Å². The van der Waals surface area contributed by atoms with Gasteiger partial charge in [0.05, 0.1) is 37.5 Å². The number of nitrogens with two attached hydrogens (primary N) is 1. The van der Waals surface area contributed by atoms with E-state index in [9.17, 15) is 43.2 Å². The van der Waals surface area contributed by atoms with Gasteiger partial charge in [0.2, 0.25) is 35.4 Å². The number of esters is 1. The smallest absolute Gasteiger partial charge is 0.407 e. The lowest BCUT2D eigenvalue weighted by Gasteiger charge is -2.36. The third-order valence-electron chi connectivity index (χ3n) is 14.8. The van der Waals surface area contributed by atoms with Crippen LogP contribution in [0.3, 0.4) is 0 Å². The molecule has 4 aliphatic rings. The number of unbranched alkanes of at least 4 members (excludes halogenated alkanes) is 2. The average molecular weight is 1110 g/mol. The Balaban J connectivity index is 1.35. The standard InChI is InChI=1S/C53H76ClN8O14.Al/c1-29(2)46(59-41(63)19-12-11-13-23-62-42(64)20-21-43(62)65)48(67)57-34(17-15-22-56-51(55)70)49(68)60(7)32(5)50(69)75-40-28-44(66)61(8)36-25-33(26-39(73-10)45(36)54)24-30(3)16-14-18-37(72-9)35-27-38(74-52(71)58-35)31(4)47-53(40,6)76-47;/h14,16,18,20,25-26,29,31-32,34-35,37-38,40,46-47H,11-13,15,17,19,21-24,27-28H2,1-10H3,(H,57,67)(H,58,71)(H,59,63)(H3,55,56,70);/b18-14+,30-16+;/t31-,32+,34+,35?,37?,38+,40+,46+,47+,53+;/m1./s1. The SMILES string of the molecule is COc1cc2cc(c1Cl)N(C)C(=O)C[C@H](OC(=O)[C@H](C)N(C)C(=O)[C@H](CCCNC(N)=O)NC(=O)[C@@H](NC(=O)CCCCCN1C(=O)C[CH]([Al])C1=O)C(C)C)[C@]1(C)O[C@H]1[C@H](C)[C@@H]1CC(NC(=O)O1)C(OC)/C=C/C=C(\C)C2. The molecular formula is C53H76AlClN8O14. The van der Waals surface area contributed by atoms with E-state index in [-0.39, 0.29) is 55.6 Å². The van der Waals surface area contributed by atoms with Crippen LogP contribution in [0.2, 0.25) is 9.80 Å². The highest BCUT2D eigenvalue weighted by molar-refractivity contribution is 6.35. The van der Waals surface area contributed by atoms with Crippen LogP contribution >= 0.6 is 11.6 Å². The number of carbonyl (C=O) groups is 9. The quantitative estimate of drug-likeness (QED) is 0.0411. The van der Waals surface area contributed by atoms with Crippen molar-refractivity contribution in [2.75, 3.05) is 46.3 Å². The number of primary amides is 1. The molecule has 2 radical (unpaired) electrons. The van der Waals surface area contributed by atoms with Gasteiger partial charge in [-0.1, -0.05) is 62.6 Å². The number of nitrogens with one attached hydrogen (secondary N) is 4. The molecule has 0 aliphatic carbocycles. The largest absolute Gasteiger partial charge is 0.495 e. The van der Waals surface area contributed by atoms with Crippen LogP contribution in [0.15, 0.2) is 35.9 Å². The molecule has 1 aromatic rings. The van der Waals surface area contributed by atoms with Crippen molar-refractivity contribution in [1.82, 2.24) is 31.1 Å². The number of ether oxygens (including phenoxy) is 5. The Labute approximate surface area is 463 Å². The van der Waals surface area contributed by atoms with Crippen molar-refractivity contribution >= 4 is 87.1 Å². The number of carbonyl (C=O) groups excluding carboxylic acids is 9. The molecule has 77 heavy (non-hydrogen) atoms. The molecule has 6 N–H and O–H groups in total. The normalized spacial score (nSPS) is 26.9. The van der Waals surface area contributed by atoms with Crippen molar-refractivity contribution in [3.8, 4) is 5.75 Å². The lowest BCUT2D eigenvalue weighted by molar-refractivity contribution is -0.162. The number of hydrogen-bond donors (Lipinski definition) is 5. The number of alkyl carbamates (subject to hydrolysis) is 1. The maximum atomic E-state index is 14.5. The molecule has 3 saturated heterocycles. The number of hydrogen-bond acceptors (Lipinski definition) is 14. The van der Waals surface area contributed by atoms with Crippen LogP contribution in [0, 0.1) is 11.8 Å². The summed E-state index contributed by atoms with van der Waals surface area (Å²) >= 11 is 9.23. The Bertz CT molecular complexity index is 2440. The van der Waals surface area contributed by atoms with Crippen molar-refractivity contribution in [3.05, 3.63) is 46.5 Å². The maximum Gasteiger partial charge on any atom is 0.407 e. The van der Waals surface area contributed by atoms with E-state index in [4.69, 9.17) is 41.0 Å². The average Bonchev–Trinajstić information content (AvgIpc) is 4.01. The first kappa shape index (κ1) is 62.1. The molecular weight excluding hydrogens is 1040 g/mol. The molecule has 0 spiro atoms. The van der Waals surface area contributed by atoms with Crippen LogP contribution < -0.4 is 36.6 Å². The molecule has 422 valence electrons. The van der Waals surface area contributed by atoms with E-state index in [2.05, 4.69) is 37.6 Å². The van der Waals surface area contributed by atoms with Crippen LogP contribution in [0.1, 0.15) is 105 Å². The summed E-state index contributed by atoms with van der Waals surface area (Å²) in [6.07, 6.45) is 4.08. The topological polar surface area (TPSA) is 287 Å². The van der Waals surface area contributed by atoms with Crippen LogP contribution in [0.5, 0.6) is 5.75 Å². The number of likely N-dealkylation sites (tertiary alicyclic amines) is 1. The number of allylic oxidation sites excluding steroid dienone is 3. The minimum absolute atomic E-state index is 0.0158. The van der Waals surface area contributed by atoms with Crippen molar-refractivity contribution in [2.24, 2.45) is 17.6 Å². The van der Waals surface area contributed by atoms with E-state index in [1.165, 1.54) is 30.9 Å². The van der Waals surface area contributed by atoms with Gasteiger partial charge in [-0.25, -0.2) is 14.4 Å². The minimum atomic E-state index is -1.31.